The Bertz CT molecular complexity index is 390. The van der Waals surface area contributed by atoms with Gasteiger partial charge in [-0.15, -0.1) is 0 Å². The highest BCUT2D eigenvalue weighted by molar-refractivity contribution is 5.97. The summed E-state index contributed by atoms with van der Waals surface area (Å²) in [6.45, 7) is 8.54. The van der Waals surface area contributed by atoms with Crippen molar-refractivity contribution in [3.63, 3.8) is 0 Å². The van der Waals surface area contributed by atoms with Crippen LogP contribution in [0.2, 0.25) is 0 Å². The smallest absolute Gasteiger partial charge is 0.246 e. The molecule has 1 aliphatic heterocycles. The Kier molecular flexibility index (Phi) is 5.28. The molecular formula is C17H30N2O2. The van der Waals surface area contributed by atoms with Gasteiger partial charge in [-0.3, -0.25) is 9.59 Å². The van der Waals surface area contributed by atoms with Crippen LogP contribution in [0.25, 0.3) is 0 Å². The van der Waals surface area contributed by atoms with E-state index in [4.69, 9.17) is 0 Å². The topological polar surface area (TPSA) is 49.4 Å². The molecule has 1 heterocycles. The molecule has 0 bridgehead atoms. The molecule has 4 heteroatoms. The van der Waals surface area contributed by atoms with Crippen molar-refractivity contribution in [1.29, 1.82) is 0 Å². The minimum absolute atomic E-state index is 0.0460. The highest BCUT2D eigenvalue weighted by Gasteiger charge is 2.47. The van der Waals surface area contributed by atoms with E-state index in [-0.39, 0.29) is 29.9 Å². The Balaban J connectivity index is 2.03. The molecule has 0 radical (unpaired) electrons. The Morgan fingerprint density at radius 3 is 2.38 bits per heavy atom. The summed E-state index contributed by atoms with van der Waals surface area (Å²) in [5.41, 5.74) is 0. The van der Waals surface area contributed by atoms with E-state index < -0.39 is 0 Å². The van der Waals surface area contributed by atoms with Crippen molar-refractivity contribution < 1.29 is 9.59 Å². The first-order chi connectivity index (χ1) is 9.95. The van der Waals surface area contributed by atoms with Crippen molar-refractivity contribution in [2.24, 2.45) is 11.8 Å². The van der Waals surface area contributed by atoms with E-state index >= 15 is 0 Å². The third kappa shape index (κ3) is 3.78. The van der Waals surface area contributed by atoms with Gasteiger partial charge in [0.05, 0.1) is 0 Å². The number of amides is 2. The van der Waals surface area contributed by atoms with Crippen molar-refractivity contribution in [3.05, 3.63) is 0 Å². The molecule has 1 aliphatic carbocycles. The molecule has 0 aromatic carbocycles. The number of nitrogens with one attached hydrogen (secondary N) is 1. The van der Waals surface area contributed by atoms with Crippen LogP contribution in [0.1, 0.15) is 66.2 Å². The molecule has 1 N–H and O–H groups in total. The molecule has 0 spiro atoms. The van der Waals surface area contributed by atoms with Gasteiger partial charge in [0.15, 0.2) is 0 Å². The van der Waals surface area contributed by atoms with Gasteiger partial charge in [0.2, 0.25) is 11.8 Å². The van der Waals surface area contributed by atoms with Crippen molar-refractivity contribution in [2.75, 3.05) is 0 Å². The molecule has 2 rings (SSSR count). The summed E-state index contributed by atoms with van der Waals surface area (Å²) in [6.07, 6.45) is 6.14. The summed E-state index contributed by atoms with van der Waals surface area (Å²) >= 11 is 0. The predicted molar refractivity (Wildman–Crippen MR) is 83.7 cm³/mol. The minimum Gasteiger partial charge on any atom is -0.342 e. The number of nitrogens with zero attached hydrogens (tertiary/aromatic N) is 1. The fraction of sp³-hybridized carbons (Fsp3) is 0.882. The molecule has 4 nitrogen and oxygen atoms in total. The summed E-state index contributed by atoms with van der Waals surface area (Å²) in [5.74, 6) is 1.27. The molecule has 120 valence electrons. The first-order valence-corrected chi connectivity index (χ1v) is 8.58. The maximum atomic E-state index is 12.8. The lowest BCUT2D eigenvalue weighted by Gasteiger charge is -2.42. The van der Waals surface area contributed by atoms with Gasteiger partial charge in [-0.05, 0) is 44.4 Å². The number of hydrogen-bond donors (Lipinski definition) is 1. The van der Waals surface area contributed by atoms with Crippen LogP contribution in [0.15, 0.2) is 0 Å². The van der Waals surface area contributed by atoms with E-state index in [1.807, 2.05) is 11.8 Å². The Morgan fingerprint density at radius 1 is 1.19 bits per heavy atom. The first-order valence-electron chi connectivity index (χ1n) is 8.58. The zero-order valence-corrected chi connectivity index (χ0v) is 13.9. The SMILES string of the molecule is CCC1C(=O)NC(C2CC2)C(=O)N1C(C)CCCC(C)C. The van der Waals surface area contributed by atoms with Gasteiger partial charge in [-0.25, -0.2) is 0 Å². The second kappa shape index (κ2) is 6.80. The summed E-state index contributed by atoms with van der Waals surface area (Å²) < 4.78 is 0. The highest BCUT2D eigenvalue weighted by Crippen LogP contribution is 2.36. The second-order valence-corrected chi connectivity index (χ2v) is 7.17. The molecule has 2 fully saturated rings. The number of piperazine rings is 1. The van der Waals surface area contributed by atoms with Crippen LogP contribution >= 0.6 is 0 Å². The van der Waals surface area contributed by atoms with Crippen molar-refractivity contribution >= 4 is 11.8 Å². The lowest BCUT2D eigenvalue weighted by Crippen LogP contribution is -2.65. The molecule has 3 unspecified atom stereocenters. The van der Waals surface area contributed by atoms with E-state index in [1.54, 1.807) is 0 Å². The maximum absolute atomic E-state index is 12.8. The molecule has 21 heavy (non-hydrogen) atoms. The fourth-order valence-corrected chi connectivity index (χ4v) is 3.37. The van der Waals surface area contributed by atoms with Crippen LogP contribution in [0, 0.1) is 11.8 Å². The Labute approximate surface area is 128 Å². The van der Waals surface area contributed by atoms with Crippen molar-refractivity contribution in [3.8, 4) is 0 Å². The number of hydrogen-bond acceptors (Lipinski definition) is 2. The van der Waals surface area contributed by atoms with Gasteiger partial charge >= 0.3 is 0 Å². The number of rotatable bonds is 7. The van der Waals surface area contributed by atoms with Gasteiger partial charge in [-0.1, -0.05) is 33.6 Å². The van der Waals surface area contributed by atoms with E-state index in [1.165, 1.54) is 6.42 Å². The molecule has 0 aromatic heterocycles. The average molecular weight is 294 g/mol. The van der Waals surface area contributed by atoms with Crippen LogP contribution in [0.3, 0.4) is 0 Å². The van der Waals surface area contributed by atoms with Crippen molar-refractivity contribution in [1.82, 2.24) is 10.2 Å². The predicted octanol–water partition coefficient (Wildman–Crippen LogP) is 2.72. The molecule has 1 saturated carbocycles. The van der Waals surface area contributed by atoms with Crippen LogP contribution < -0.4 is 5.32 Å². The van der Waals surface area contributed by atoms with Crippen LogP contribution in [0.4, 0.5) is 0 Å². The first kappa shape index (κ1) is 16.3. The van der Waals surface area contributed by atoms with E-state index in [0.717, 1.165) is 25.7 Å². The van der Waals surface area contributed by atoms with Crippen molar-refractivity contribution in [2.45, 2.75) is 84.3 Å². The summed E-state index contributed by atoms with van der Waals surface area (Å²) in [7, 11) is 0. The molecule has 3 atom stereocenters. The molecular weight excluding hydrogens is 264 g/mol. The highest BCUT2D eigenvalue weighted by atomic mass is 16.2. The Morgan fingerprint density at radius 2 is 1.86 bits per heavy atom. The third-order valence-corrected chi connectivity index (χ3v) is 4.82. The lowest BCUT2D eigenvalue weighted by molar-refractivity contribution is -0.152. The minimum atomic E-state index is -0.276. The van der Waals surface area contributed by atoms with Crippen LogP contribution in [-0.4, -0.2) is 34.8 Å². The quantitative estimate of drug-likeness (QED) is 0.785. The zero-order chi connectivity index (χ0) is 15.6. The molecule has 0 aromatic rings. The third-order valence-electron chi connectivity index (χ3n) is 4.82. The lowest BCUT2D eigenvalue weighted by atomic mass is 9.96. The van der Waals surface area contributed by atoms with Gasteiger partial charge in [0, 0.05) is 6.04 Å². The van der Waals surface area contributed by atoms with Gasteiger partial charge in [0.25, 0.3) is 0 Å². The van der Waals surface area contributed by atoms with Crippen LogP contribution in [-0.2, 0) is 9.59 Å². The number of carbonyl (C=O) groups excluding carboxylic acids is 2. The standard InChI is InChI=1S/C17H30N2O2/c1-5-14-16(20)18-15(13-9-10-13)17(21)19(14)12(4)8-6-7-11(2)3/h11-15H,5-10H2,1-4H3,(H,18,20). The second-order valence-electron chi connectivity index (χ2n) is 7.17. The fourth-order valence-electron chi connectivity index (χ4n) is 3.37. The largest absolute Gasteiger partial charge is 0.342 e. The summed E-state index contributed by atoms with van der Waals surface area (Å²) in [6, 6.07) is -0.372. The van der Waals surface area contributed by atoms with E-state index in [0.29, 0.717) is 18.3 Å². The maximum Gasteiger partial charge on any atom is 0.246 e. The van der Waals surface area contributed by atoms with Gasteiger partial charge in [0.1, 0.15) is 12.1 Å². The monoisotopic (exact) mass is 294 g/mol. The Hall–Kier alpha value is -1.06. The molecule has 2 aliphatic rings. The normalized spacial score (nSPS) is 28.0. The van der Waals surface area contributed by atoms with Gasteiger partial charge < -0.3 is 10.2 Å². The molecule has 2 amide bonds. The van der Waals surface area contributed by atoms with Crippen LogP contribution in [0.5, 0.6) is 0 Å². The van der Waals surface area contributed by atoms with Gasteiger partial charge in [-0.2, -0.15) is 0 Å². The molecule has 1 saturated heterocycles. The van der Waals surface area contributed by atoms with E-state index in [2.05, 4.69) is 26.1 Å². The summed E-state index contributed by atoms with van der Waals surface area (Å²) in [4.78, 5) is 27.0. The summed E-state index contributed by atoms with van der Waals surface area (Å²) in [5, 5.41) is 2.96. The average Bonchev–Trinajstić information content (AvgIpc) is 3.24. The van der Waals surface area contributed by atoms with E-state index in [9.17, 15) is 9.59 Å². The zero-order valence-electron chi connectivity index (χ0n) is 13.9. The number of carbonyl (C=O) groups is 2.